The van der Waals surface area contributed by atoms with E-state index in [1.807, 2.05) is 6.92 Å². The number of likely N-dealkylation sites (tertiary alicyclic amines) is 1. The molecule has 5 nitrogen and oxygen atoms in total. The molecule has 0 radical (unpaired) electrons. The van der Waals surface area contributed by atoms with Gasteiger partial charge in [0.25, 0.3) is 5.91 Å². The van der Waals surface area contributed by atoms with Gasteiger partial charge in [-0.1, -0.05) is 6.92 Å². The third kappa shape index (κ3) is 5.41. The Balaban J connectivity index is 1.76. The third-order valence-electron chi connectivity index (χ3n) is 4.54. The largest absolute Gasteiger partial charge is 0.493 e. The fourth-order valence-electron chi connectivity index (χ4n) is 2.98. The molecule has 1 heterocycles. The molecule has 1 saturated heterocycles. The highest BCUT2D eigenvalue weighted by atomic mass is 16.5. The van der Waals surface area contributed by atoms with Gasteiger partial charge in [0, 0.05) is 12.1 Å². The number of piperidine rings is 1. The lowest BCUT2D eigenvalue weighted by Crippen LogP contribution is -2.35. The van der Waals surface area contributed by atoms with Gasteiger partial charge >= 0.3 is 0 Å². The molecule has 0 atom stereocenters. The minimum absolute atomic E-state index is 0.0661. The van der Waals surface area contributed by atoms with E-state index >= 15 is 0 Å². The molecule has 1 aromatic rings. The lowest BCUT2D eigenvalue weighted by molar-refractivity contribution is 0.0950. The first-order valence-electron chi connectivity index (χ1n) is 8.95. The Kier molecular flexibility index (Phi) is 7.37. The maximum atomic E-state index is 12.3. The maximum absolute atomic E-state index is 12.3. The quantitative estimate of drug-likeness (QED) is 0.743. The lowest BCUT2D eigenvalue weighted by Gasteiger charge is -2.30. The van der Waals surface area contributed by atoms with Crippen molar-refractivity contribution in [3.05, 3.63) is 23.8 Å². The summed E-state index contributed by atoms with van der Waals surface area (Å²) in [5, 5.41) is 2.99. The molecule has 0 aromatic heterocycles. The molecule has 1 aromatic carbocycles. The Morgan fingerprint density at radius 1 is 1.29 bits per heavy atom. The van der Waals surface area contributed by atoms with Crippen LogP contribution in [0, 0.1) is 5.92 Å². The SMILES string of the molecule is CCOc1ccc(C(=O)NCCCN2CCC(C)CC2)cc1OC. The molecule has 0 unspecified atom stereocenters. The van der Waals surface area contributed by atoms with Crippen LogP contribution in [0.2, 0.25) is 0 Å². The van der Waals surface area contributed by atoms with E-state index in [9.17, 15) is 4.79 Å². The summed E-state index contributed by atoms with van der Waals surface area (Å²) < 4.78 is 10.8. The first-order chi connectivity index (χ1) is 11.6. The first-order valence-corrected chi connectivity index (χ1v) is 8.95. The summed E-state index contributed by atoms with van der Waals surface area (Å²) in [4.78, 5) is 14.7. The van der Waals surface area contributed by atoms with Crippen molar-refractivity contribution in [2.75, 3.05) is 39.9 Å². The van der Waals surface area contributed by atoms with E-state index in [1.54, 1.807) is 25.3 Å². The van der Waals surface area contributed by atoms with Crippen molar-refractivity contribution in [2.24, 2.45) is 5.92 Å². The van der Waals surface area contributed by atoms with E-state index in [0.717, 1.165) is 18.9 Å². The Bertz CT molecular complexity index is 525. The molecule has 2 rings (SSSR count). The standard InChI is InChI=1S/C19H30N2O3/c1-4-24-17-7-6-16(14-18(17)23-3)19(22)20-10-5-11-21-12-8-15(2)9-13-21/h6-7,14-15H,4-5,8-13H2,1-3H3,(H,20,22). The summed E-state index contributed by atoms with van der Waals surface area (Å²) in [6.07, 6.45) is 3.56. The number of hydrogen-bond acceptors (Lipinski definition) is 4. The monoisotopic (exact) mass is 334 g/mol. The summed E-state index contributed by atoms with van der Waals surface area (Å²) in [6, 6.07) is 5.29. The predicted octanol–water partition coefficient (Wildman–Crippen LogP) is 2.95. The van der Waals surface area contributed by atoms with Crippen molar-refractivity contribution in [3.63, 3.8) is 0 Å². The average Bonchev–Trinajstić information content (AvgIpc) is 2.60. The number of amides is 1. The number of ether oxygens (including phenoxy) is 2. The maximum Gasteiger partial charge on any atom is 0.251 e. The average molecular weight is 334 g/mol. The van der Waals surface area contributed by atoms with Crippen LogP contribution in [0.4, 0.5) is 0 Å². The second kappa shape index (κ2) is 9.52. The molecule has 134 valence electrons. The highest BCUT2D eigenvalue weighted by molar-refractivity contribution is 5.94. The second-order valence-corrected chi connectivity index (χ2v) is 6.43. The number of nitrogens with zero attached hydrogens (tertiary/aromatic N) is 1. The van der Waals surface area contributed by atoms with Crippen molar-refractivity contribution in [1.82, 2.24) is 10.2 Å². The smallest absolute Gasteiger partial charge is 0.251 e. The van der Waals surface area contributed by atoms with Crippen LogP contribution in [0.15, 0.2) is 18.2 Å². The van der Waals surface area contributed by atoms with Crippen LogP contribution in [0.25, 0.3) is 0 Å². The molecule has 24 heavy (non-hydrogen) atoms. The fraction of sp³-hybridized carbons (Fsp3) is 0.632. The molecule has 1 aliphatic rings. The molecule has 0 spiro atoms. The second-order valence-electron chi connectivity index (χ2n) is 6.43. The van der Waals surface area contributed by atoms with Crippen LogP contribution in [0.3, 0.4) is 0 Å². The number of hydrogen-bond donors (Lipinski definition) is 1. The van der Waals surface area contributed by atoms with Gasteiger partial charge in [0.15, 0.2) is 11.5 Å². The summed E-state index contributed by atoms with van der Waals surface area (Å²) in [6.45, 7) is 8.93. The van der Waals surface area contributed by atoms with E-state index in [-0.39, 0.29) is 5.91 Å². The Morgan fingerprint density at radius 2 is 2.04 bits per heavy atom. The van der Waals surface area contributed by atoms with Gasteiger partial charge in [-0.25, -0.2) is 0 Å². The molecule has 1 fully saturated rings. The van der Waals surface area contributed by atoms with E-state index in [1.165, 1.54) is 25.9 Å². The van der Waals surface area contributed by atoms with Gasteiger partial charge in [0.1, 0.15) is 0 Å². The molecule has 1 amide bonds. The minimum atomic E-state index is -0.0661. The van der Waals surface area contributed by atoms with Crippen LogP contribution >= 0.6 is 0 Å². The van der Waals surface area contributed by atoms with Crippen molar-refractivity contribution < 1.29 is 14.3 Å². The zero-order valence-corrected chi connectivity index (χ0v) is 15.1. The molecule has 0 bridgehead atoms. The number of carbonyl (C=O) groups is 1. The Morgan fingerprint density at radius 3 is 2.71 bits per heavy atom. The van der Waals surface area contributed by atoms with Gasteiger partial charge in [-0.05, 0) is 69.9 Å². The van der Waals surface area contributed by atoms with Crippen LogP contribution in [-0.4, -0.2) is 50.7 Å². The summed E-state index contributed by atoms with van der Waals surface area (Å²) in [5.41, 5.74) is 0.599. The van der Waals surface area contributed by atoms with Crippen LogP contribution < -0.4 is 14.8 Å². The molecule has 0 saturated carbocycles. The number of benzene rings is 1. The van der Waals surface area contributed by atoms with Crippen molar-refractivity contribution >= 4 is 5.91 Å². The summed E-state index contributed by atoms with van der Waals surface area (Å²) >= 11 is 0. The van der Waals surface area contributed by atoms with Gasteiger partial charge in [-0.15, -0.1) is 0 Å². The molecule has 0 aliphatic carbocycles. The highest BCUT2D eigenvalue weighted by Gasteiger charge is 2.15. The van der Waals surface area contributed by atoms with Gasteiger partial charge in [0.2, 0.25) is 0 Å². The topological polar surface area (TPSA) is 50.8 Å². The lowest BCUT2D eigenvalue weighted by atomic mass is 9.99. The van der Waals surface area contributed by atoms with Gasteiger partial charge in [-0.3, -0.25) is 4.79 Å². The van der Waals surface area contributed by atoms with Gasteiger partial charge < -0.3 is 19.7 Å². The van der Waals surface area contributed by atoms with E-state index < -0.39 is 0 Å². The zero-order valence-electron chi connectivity index (χ0n) is 15.1. The highest BCUT2D eigenvalue weighted by Crippen LogP contribution is 2.27. The normalized spacial score (nSPS) is 16.0. The van der Waals surface area contributed by atoms with Crippen LogP contribution in [0.5, 0.6) is 11.5 Å². The van der Waals surface area contributed by atoms with E-state index in [2.05, 4.69) is 17.1 Å². The fourth-order valence-corrected chi connectivity index (χ4v) is 2.98. The Labute approximate surface area is 145 Å². The van der Waals surface area contributed by atoms with Gasteiger partial charge in [-0.2, -0.15) is 0 Å². The van der Waals surface area contributed by atoms with Crippen molar-refractivity contribution in [2.45, 2.75) is 33.1 Å². The van der Waals surface area contributed by atoms with Crippen LogP contribution in [-0.2, 0) is 0 Å². The molecule has 1 aliphatic heterocycles. The third-order valence-corrected chi connectivity index (χ3v) is 4.54. The predicted molar refractivity (Wildman–Crippen MR) is 96.0 cm³/mol. The molecular formula is C19H30N2O3. The minimum Gasteiger partial charge on any atom is -0.493 e. The van der Waals surface area contributed by atoms with Crippen LogP contribution in [0.1, 0.15) is 43.5 Å². The summed E-state index contributed by atoms with van der Waals surface area (Å²) in [5.74, 6) is 2.04. The van der Waals surface area contributed by atoms with E-state index in [4.69, 9.17) is 9.47 Å². The van der Waals surface area contributed by atoms with Crippen molar-refractivity contribution in [3.8, 4) is 11.5 Å². The zero-order chi connectivity index (χ0) is 17.4. The van der Waals surface area contributed by atoms with Crippen molar-refractivity contribution in [1.29, 1.82) is 0 Å². The first kappa shape index (κ1) is 18.6. The molecular weight excluding hydrogens is 304 g/mol. The number of carbonyl (C=O) groups excluding carboxylic acids is 1. The molecule has 1 N–H and O–H groups in total. The number of rotatable bonds is 8. The molecule has 5 heteroatoms. The summed E-state index contributed by atoms with van der Waals surface area (Å²) in [7, 11) is 1.58. The van der Waals surface area contributed by atoms with Gasteiger partial charge in [0.05, 0.1) is 13.7 Å². The van der Waals surface area contributed by atoms with E-state index in [0.29, 0.717) is 30.2 Å². The Hall–Kier alpha value is -1.75. The number of nitrogens with one attached hydrogen (secondary N) is 1. The number of methoxy groups -OCH3 is 1.